The van der Waals surface area contributed by atoms with E-state index < -0.39 is 12.2 Å². The van der Waals surface area contributed by atoms with Gasteiger partial charge in [-0.2, -0.15) is 0 Å². The van der Waals surface area contributed by atoms with Crippen molar-refractivity contribution in [2.45, 2.75) is 25.3 Å². The van der Waals surface area contributed by atoms with Gasteiger partial charge >= 0.3 is 6.69 Å². The highest BCUT2D eigenvalue weighted by Crippen LogP contribution is 2.49. The van der Waals surface area contributed by atoms with E-state index in [0.717, 1.165) is 45.8 Å². The molecule has 1 unspecified atom stereocenters. The van der Waals surface area contributed by atoms with Gasteiger partial charge in [0.05, 0.1) is 0 Å². The van der Waals surface area contributed by atoms with Gasteiger partial charge in [0.2, 0.25) is 0 Å². The van der Waals surface area contributed by atoms with Crippen LogP contribution >= 0.6 is 0 Å². The minimum Gasteiger partial charge on any atom is -0.552 e. The lowest BCUT2D eigenvalue weighted by atomic mass is 9.50. The summed E-state index contributed by atoms with van der Waals surface area (Å²) in [5.41, 5.74) is 2.05. The molecule has 108 valence electrons. The van der Waals surface area contributed by atoms with E-state index >= 15 is 0 Å². The first-order valence-corrected chi connectivity index (χ1v) is 7.65. The minimum atomic E-state index is -1.50. The monoisotopic (exact) mass is 274 g/mol. The number of ether oxygens (including phenoxy) is 1. The molecule has 1 aromatic carbocycles. The first kappa shape index (κ1) is 12.8. The third kappa shape index (κ3) is 1.58. The van der Waals surface area contributed by atoms with Gasteiger partial charge in [0.1, 0.15) is 0 Å². The summed E-state index contributed by atoms with van der Waals surface area (Å²) in [4.78, 5) is 2.37. The molecule has 0 aliphatic carbocycles. The maximum absolute atomic E-state index is 6.31. The average Bonchev–Trinajstić information content (AvgIpc) is 3.14. The van der Waals surface area contributed by atoms with Crippen LogP contribution in [0.25, 0.3) is 0 Å². The molecule has 0 radical (unpaired) electrons. The lowest BCUT2D eigenvalue weighted by Crippen LogP contribution is -2.64. The molecule has 3 aliphatic heterocycles. The molecule has 20 heavy (non-hydrogen) atoms. The Morgan fingerprint density at radius 2 is 1.95 bits per heavy atom. The number of hydrogen-bond donors (Lipinski definition) is 0. The van der Waals surface area contributed by atoms with Crippen molar-refractivity contribution in [2.75, 3.05) is 32.9 Å². The van der Waals surface area contributed by atoms with E-state index in [1.54, 1.807) is 0 Å². The Bertz CT molecular complexity index is 506. The highest BCUT2D eigenvalue weighted by Gasteiger charge is 2.60. The predicted octanol–water partition coefficient (Wildman–Crippen LogP) is 1.84. The third-order valence-corrected chi connectivity index (χ3v) is 5.07. The second-order valence-electron chi connectivity index (χ2n) is 6.16. The topological polar surface area (TPSA) is 30.9 Å². The van der Waals surface area contributed by atoms with Gasteiger partial charge in [-0.3, -0.25) is 0 Å². The Morgan fingerprint density at radius 1 is 1.15 bits per heavy atom. The van der Waals surface area contributed by atoms with Gasteiger partial charge in [-0.1, -0.05) is 29.8 Å². The summed E-state index contributed by atoms with van der Waals surface area (Å²) in [7, 11) is 0. The molecule has 3 aliphatic rings. The highest BCUT2D eigenvalue weighted by molar-refractivity contribution is 6.68. The van der Waals surface area contributed by atoms with Crippen LogP contribution in [0, 0.1) is 6.92 Å². The van der Waals surface area contributed by atoms with E-state index in [9.17, 15) is 0 Å². The number of nitrogens with zero attached hydrogens (tertiary/aromatic N) is 1. The fourth-order valence-corrected chi connectivity index (χ4v) is 4.23. The first-order valence-electron chi connectivity index (χ1n) is 7.65. The number of benzene rings is 1. The number of fused-ring (bicyclic) bond motifs is 1. The van der Waals surface area contributed by atoms with Crippen molar-refractivity contribution in [3.8, 4) is 0 Å². The van der Waals surface area contributed by atoms with E-state index in [0.29, 0.717) is 0 Å². The summed E-state index contributed by atoms with van der Waals surface area (Å²) in [6.07, 6.45) is 2.05. The summed E-state index contributed by atoms with van der Waals surface area (Å²) < 4.78 is 18.7. The van der Waals surface area contributed by atoms with E-state index in [2.05, 4.69) is 36.0 Å². The lowest BCUT2D eigenvalue weighted by Gasteiger charge is -2.51. The molecule has 4 rings (SSSR count). The molecular weight excluding hydrogens is 253 g/mol. The van der Waals surface area contributed by atoms with Crippen LogP contribution in [-0.4, -0.2) is 44.4 Å². The molecule has 0 saturated carbocycles. The molecule has 3 fully saturated rings. The third-order valence-electron chi connectivity index (χ3n) is 5.07. The molecular formula is C15H21BNO3-. The van der Waals surface area contributed by atoms with Crippen molar-refractivity contribution < 1.29 is 14.0 Å². The number of rotatable bonds is 2. The summed E-state index contributed by atoms with van der Waals surface area (Å²) in [5.74, 6) is 0. The van der Waals surface area contributed by atoms with E-state index in [1.165, 1.54) is 11.1 Å². The smallest absolute Gasteiger partial charge is 0.353 e. The zero-order valence-corrected chi connectivity index (χ0v) is 12.0. The van der Waals surface area contributed by atoms with Gasteiger partial charge in [-0.15, -0.1) is 0 Å². The summed E-state index contributed by atoms with van der Waals surface area (Å²) in [6.45, 7) is 4.82. The van der Waals surface area contributed by atoms with E-state index in [-0.39, 0.29) is 0 Å². The molecule has 1 atom stereocenters. The van der Waals surface area contributed by atoms with E-state index in [1.807, 2.05) is 0 Å². The zero-order chi connectivity index (χ0) is 13.6. The Hall–Kier alpha value is -0.875. The number of hydrogen-bond acceptors (Lipinski definition) is 4. The van der Waals surface area contributed by atoms with Gasteiger partial charge in [0.15, 0.2) is 0 Å². The highest BCUT2D eigenvalue weighted by atomic mass is 16.7. The van der Waals surface area contributed by atoms with E-state index in [4.69, 9.17) is 14.0 Å². The van der Waals surface area contributed by atoms with Crippen LogP contribution in [0.2, 0.25) is 0 Å². The van der Waals surface area contributed by atoms with Crippen molar-refractivity contribution in [3.05, 3.63) is 35.4 Å². The minimum absolute atomic E-state index is 0.418. The van der Waals surface area contributed by atoms with Crippen LogP contribution in [0.15, 0.2) is 24.3 Å². The van der Waals surface area contributed by atoms with Crippen molar-refractivity contribution in [2.24, 2.45) is 0 Å². The van der Waals surface area contributed by atoms with Gasteiger partial charge in [-0.25, -0.2) is 0 Å². The molecule has 4 nitrogen and oxygen atoms in total. The second-order valence-corrected chi connectivity index (χ2v) is 6.16. The Kier molecular flexibility index (Phi) is 2.93. The van der Waals surface area contributed by atoms with Gasteiger partial charge in [0, 0.05) is 25.3 Å². The molecule has 0 spiro atoms. The standard InChI is InChI=1S/C15H21BNO3/c1-13-4-2-5-14(12-13)15(6-3-9-18-15)16-17(7-10-19-16)8-11-20-16/h2,4-5,12H,3,6-11H2,1H3/q-1. The Balaban J connectivity index is 1.85. The van der Waals surface area contributed by atoms with Crippen molar-refractivity contribution in [1.82, 2.24) is 4.81 Å². The molecule has 0 amide bonds. The summed E-state index contributed by atoms with van der Waals surface area (Å²) in [5, 5.41) is 0. The Labute approximate surface area is 120 Å². The molecule has 3 saturated heterocycles. The molecule has 3 heterocycles. The predicted molar refractivity (Wildman–Crippen MR) is 77.3 cm³/mol. The zero-order valence-electron chi connectivity index (χ0n) is 12.0. The fourth-order valence-electron chi connectivity index (χ4n) is 4.23. The van der Waals surface area contributed by atoms with Crippen molar-refractivity contribution in [1.29, 1.82) is 0 Å². The second kappa shape index (κ2) is 4.56. The maximum Gasteiger partial charge on any atom is 0.353 e. The van der Waals surface area contributed by atoms with Gasteiger partial charge < -0.3 is 18.9 Å². The van der Waals surface area contributed by atoms with Gasteiger partial charge in [0.25, 0.3) is 0 Å². The van der Waals surface area contributed by atoms with Crippen molar-refractivity contribution in [3.63, 3.8) is 0 Å². The van der Waals surface area contributed by atoms with Crippen LogP contribution < -0.4 is 0 Å². The quantitative estimate of drug-likeness (QED) is 0.770. The normalized spacial score (nSPS) is 32.6. The van der Waals surface area contributed by atoms with Crippen molar-refractivity contribution >= 4 is 6.69 Å². The van der Waals surface area contributed by atoms with Crippen LogP contribution in [0.3, 0.4) is 0 Å². The largest absolute Gasteiger partial charge is 0.552 e. The molecule has 0 N–H and O–H groups in total. The molecule has 1 aromatic rings. The first-order chi connectivity index (χ1) is 9.77. The SMILES string of the molecule is Cc1cccc(C2([B-]34OCCN3CCO4)CCCO2)c1. The Morgan fingerprint density at radius 3 is 2.60 bits per heavy atom. The number of aryl methyl sites for hydroxylation is 1. The average molecular weight is 274 g/mol. The molecule has 0 aromatic heterocycles. The van der Waals surface area contributed by atoms with Crippen LogP contribution in [0.5, 0.6) is 0 Å². The fraction of sp³-hybridized carbons (Fsp3) is 0.600. The van der Waals surface area contributed by atoms with Crippen LogP contribution in [-0.2, 0) is 19.5 Å². The van der Waals surface area contributed by atoms with Crippen LogP contribution in [0.4, 0.5) is 0 Å². The summed E-state index contributed by atoms with van der Waals surface area (Å²) in [6, 6.07) is 8.62. The summed E-state index contributed by atoms with van der Waals surface area (Å²) >= 11 is 0. The molecule has 0 bridgehead atoms. The van der Waals surface area contributed by atoms with Gasteiger partial charge in [-0.05, 0) is 38.4 Å². The molecule has 5 heteroatoms. The maximum atomic E-state index is 6.31. The van der Waals surface area contributed by atoms with Crippen LogP contribution in [0.1, 0.15) is 24.0 Å². The lowest BCUT2D eigenvalue weighted by molar-refractivity contribution is 0.0115.